The number of para-hydroxylation sites is 2. The second-order valence-electron chi connectivity index (χ2n) is 13.2. The zero-order valence-corrected chi connectivity index (χ0v) is 26.6. The van der Waals surface area contributed by atoms with E-state index in [9.17, 15) is 0 Å². The molecule has 224 valence electrons. The van der Waals surface area contributed by atoms with E-state index >= 15 is 0 Å². The molecule has 0 unspecified atom stereocenters. The van der Waals surface area contributed by atoms with E-state index in [0.717, 1.165) is 12.0 Å². The van der Waals surface area contributed by atoms with E-state index in [1.807, 2.05) is 18.5 Å². The first kappa shape index (κ1) is 27.6. The van der Waals surface area contributed by atoms with Crippen molar-refractivity contribution in [1.29, 1.82) is 0 Å². The maximum atomic E-state index is 4.31. The van der Waals surface area contributed by atoms with Crippen LogP contribution < -0.4 is 0 Å². The number of benzene rings is 5. The maximum Gasteiger partial charge on any atom is 0.0541 e. The summed E-state index contributed by atoms with van der Waals surface area (Å²) in [4.78, 5) is 4.31. The van der Waals surface area contributed by atoms with Gasteiger partial charge in [-0.05, 0) is 111 Å². The van der Waals surface area contributed by atoms with Crippen molar-refractivity contribution in [3.63, 3.8) is 0 Å². The molecule has 0 radical (unpaired) electrons. The lowest BCUT2D eigenvalue weighted by atomic mass is 9.80. The van der Waals surface area contributed by atoms with Gasteiger partial charge in [0.2, 0.25) is 0 Å². The van der Waals surface area contributed by atoms with E-state index in [1.165, 1.54) is 77.6 Å². The van der Waals surface area contributed by atoms with Crippen molar-refractivity contribution >= 4 is 33.0 Å². The van der Waals surface area contributed by atoms with E-state index in [2.05, 4.69) is 163 Å². The third-order valence-corrected chi connectivity index (χ3v) is 10.1. The van der Waals surface area contributed by atoms with Crippen molar-refractivity contribution in [2.75, 3.05) is 0 Å². The fourth-order valence-corrected chi connectivity index (χ4v) is 7.69. The van der Waals surface area contributed by atoms with Crippen molar-refractivity contribution in [1.82, 2.24) is 9.55 Å². The van der Waals surface area contributed by atoms with E-state index in [1.54, 1.807) is 0 Å². The van der Waals surface area contributed by atoms with Gasteiger partial charge in [-0.25, -0.2) is 0 Å². The predicted octanol–water partition coefficient (Wildman–Crippen LogP) is 11.6. The van der Waals surface area contributed by atoms with Crippen LogP contribution in [0.3, 0.4) is 0 Å². The summed E-state index contributed by atoms with van der Waals surface area (Å²) in [5.74, 6) is 0. The molecule has 7 aromatic rings. The summed E-state index contributed by atoms with van der Waals surface area (Å²) in [6.07, 6.45) is 13.8. The Morgan fingerprint density at radius 2 is 1.19 bits per heavy atom. The van der Waals surface area contributed by atoms with Gasteiger partial charge in [-0.15, -0.1) is 0 Å². The first-order valence-electron chi connectivity index (χ1n) is 16.4. The number of hydrogen-bond acceptors (Lipinski definition) is 1. The van der Waals surface area contributed by atoms with Gasteiger partial charge in [0.25, 0.3) is 0 Å². The number of allylic oxidation sites excluding steroid dienone is 6. The molecule has 0 N–H and O–H groups in total. The summed E-state index contributed by atoms with van der Waals surface area (Å²) in [5, 5.41) is 2.56. The number of hydrogen-bond donors (Lipinski definition) is 0. The van der Waals surface area contributed by atoms with Gasteiger partial charge in [0.05, 0.1) is 11.0 Å². The number of aromatic nitrogens is 2. The average Bonchev–Trinajstić information content (AvgIpc) is 3.41. The number of pyridine rings is 1. The van der Waals surface area contributed by atoms with Gasteiger partial charge in [0.15, 0.2) is 0 Å². The molecule has 0 fully saturated rings. The molecular weight excluding hydrogens is 569 g/mol. The quantitative estimate of drug-likeness (QED) is 0.196. The van der Waals surface area contributed by atoms with Gasteiger partial charge in [-0.2, -0.15) is 0 Å². The third kappa shape index (κ3) is 4.44. The molecule has 2 aliphatic rings. The lowest BCUT2D eigenvalue weighted by Gasteiger charge is -2.23. The van der Waals surface area contributed by atoms with Crippen LogP contribution in [0.1, 0.15) is 42.5 Å². The minimum absolute atomic E-state index is 0.113. The molecule has 0 saturated heterocycles. The predicted molar refractivity (Wildman–Crippen MR) is 198 cm³/mol. The van der Waals surface area contributed by atoms with E-state index in [-0.39, 0.29) is 5.41 Å². The minimum atomic E-state index is -0.113. The fraction of sp³-hybridized carbons (Fsp3) is 0.0889. The summed E-state index contributed by atoms with van der Waals surface area (Å²) >= 11 is 0. The Kier molecular flexibility index (Phi) is 6.26. The summed E-state index contributed by atoms with van der Waals surface area (Å²) in [5.41, 5.74) is 16.4. The first-order chi connectivity index (χ1) is 23.1. The van der Waals surface area contributed by atoms with Crippen molar-refractivity contribution < 1.29 is 0 Å². The van der Waals surface area contributed by atoms with Crippen LogP contribution in [0.2, 0.25) is 0 Å². The highest BCUT2D eigenvalue weighted by Crippen LogP contribution is 2.50. The molecule has 9 rings (SSSR count). The van der Waals surface area contributed by atoms with Crippen LogP contribution in [0.15, 0.2) is 158 Å². The molecule has 0 atom stereocenters. The van der Waals surface area contributed by atoms with Gasteiger partial charge in [-0.3, -0.25) is 4.98 Å². The van der Waals surface area contributed by atoms with Gasteiger partial charge < -0.3 is 4.57 Å². The van der Waals surface area contributed by atoms with Crippen LogP contribution in [0, 0.1) is 0 Å². The molecule has 0 amide bonds. The zero-order valence-electron chi connectivity index (χ0n) is 26.6. The summed E-state index contributed by atoms with van der Waals surface area (Å²) < 4.78 is 2.38. The Hall–Kier alpha value is -5.73. The Morgan fingerprint density at radius 1 is 0.553 bits per heavy atom. The normalized spacial score (nSPS) is 14.9. The molecule has 2 heterocycles. The fourth-order valence-electron chi connectivity index (χ4n) is 7.69. The Balaban J connectivity index is 1.08. The van der Waals surface area contributed by atoms with E-state index < -0.39 is 0 Å². The zero-order chi connectivity index (χ0) is 31.5. The van der Waals surface area contributed by atoms with Crippen LogP contribution in [0.4, 0.5) is 0 Å². The molecule has 2 nitrogen and oxygen atoms in total. The summed E-state index contributed by atoms with van der Waals surface area (Å²) in [6.45, 7) is 4.75. The van der Waals surface area contributed by atoms with Crippen LogP contribution in [-0.2, 0) is 5.41 Å². The monoisotopic (exact) mass is 602 g/mol. The first-order valence-corrected chi connectivity index (χ1v) is 16.4. The average molecular weight is 603 g/mol. The van der Waals surface area contributed by atoms with Crippen LogP contribution >= 0.6 is 0 Å². The molecule has 0 bridgehead atoms. The highest BCUT2D eigenvalue weighted by Gasteiger charge is 2.36. The molecule has 0 spiro atoms. The topological polar surface area (TPSA) is 17.8 Å². The van der Waals surface area contributed by atoms with E-state index in [0.29, 0.717) is 0 Å². The summed E-state index contributed by atoms with van der Waals surface area (Å²) in [7, 11) is 0. The molecule has 2 aromatic heterocycles. The molecular formula is C45H34N2. The Morgan fingerprint density at radius 3 is 1.96 bits per heavy atom. The van der Waals surface area contributed by atoms with Gasteiger partial charge >= 0.3 is 0 Å². The molecule has 5 aromatic carbocycles. The largest absolute Gasteiger partial charge is 0.309 e. The molecule has 2 heteroatoms. The molecule has 2 aliphatic carbocycles. The van der Waals surface area contributed by atoms with E-state index in [4.69, 9.17) is 0 Å². The van der Waals surface area contributed by atoms with Crippen molar-refractivity contribution in [2.24, 2.45) is 0 Å². The van der Waals surface area contributed by atoms with Crippen molar-refractivity contribution in [3.05, 3.63) is 180 Å². The summed E-state index contributed by atoms with van der Waals surface area (Å²) in [6, 6.07) is 44.6. The Labute approximate surface area is 275 Å². The highest BCUT2D eigenvalue weighted by atomic mass is 15.0. The van der Waals surface area contributed by atoms with Gasteiger partial charge in [-0.1, -0.05) is 111 Å². The SMILES string of the molecule is CC1(C)c2cc(C3=CCC=C(c4cccnc4)C=C3)ccc2-c2ccc(-c3ccc4c(c3)c3ccccc3n4-c3ccccc3)cc21. The third-order valence-electron chi connectivity index (χ3n) is 10.1. The smallest absolute Gasteiger partial charge is 0.0541 e. The van der Waals surface area contributed by atoms with Crippen LogP contribution in [-0.4, -0.2) is 9.55 Å². The van der Waals surface area contributed by atoms with Gasteiger partial charge in [0, 0.05) is 34.3 Å². The molecule has 0 aliphatic heterocycles. The second-order valence-corrected chi connectivity index (χ2v) is 13.2. The Bertz CT molecular complexity index is 2440. The highest BCUT2D eigenvalue weighted by molar-refractivity contribution is 6.10. The lowest BCUT2D eigenvalue weighted by Crippen LogP contribution is -2.15. The molecule has 47 heavy (non-hydrogen) atoms. The van der Waals surface area contributed by atoms with Crippen molar-refractivity contribution in [3.8, 4) is 27.9 Å². The number of rotatable bonds is 4. The minimum Gasteiger partial charge on any atom is -0.309 e. The van der Waals surface area contributed by atoms with Crippen molar-refractivity contribution in [2.45, 2.75) is 25.7 Å². The lowest BCUT2D eigenvalue weighted by molar-refractivity contribution is 0.660. The number of nitrogens with zero attached hydrogens (tertiary/aromatic N) is 2. The number of fused-ring (bicyclic) bond motifs is 6. The van der Waals surface area contributed by atoms with Crippen LogP contribution in [0.5, 0.6) is 0 Å². The van der Waals surface area contributed by atoms with Crippen LogP contribution in [0.25, 0.3) is 60.9 Å². The standard InChI is InChI=1S/C45H34N2/c1-45(2)41-27-33(30-10-8-11-31(18-17-30)35-12-9-25-46-29-35)19-22-37(41)38-23-20-34(28-42(38)45)32-21-24-44-40(26-32)39-15-6-7-16-43(39)47(44)36-13-4-3-5-14-36/h3-7,9-29H,8H2,1-2H3. The second kappa shape index (κ2) is 10.7. The van der Waals surface area contributed by atoms with Gasteiger partial charge in [0.1, 0.15) is 0 Å². The molecule has 0 saturated carbocycles. The maximum absolute atomic E-state index is 4.31.